The van der Waals surface area contributed by atoms with E-state index in [1.54, 1.807) is 25.1 Å². The first-order valence-electron chi connectivity index (χ1n) is 7.32. The van der Waals surface area contributed by atoms with Crippen LogP contribution in [0.4, 0.5) is 10.1 Å². The van der Waals surface area contributed by atoms with Gasteiger partial charge >= 0.3 is 0 Å². The quantitative estimate of drug-likeness (QED) is 0.741. The van der Waals surface area contributed by atoms with Crippen molar-refractivity contribution in [2.45, 2.75) is 6.92 Å². The predicted octanol–water partition coefficient (Wildman–Crippen LogP) is 3.83. The topological polar surface area (TPSA) is 79.9 Å². The van der Waals surface area contributed by atoms with Crippen molar-refractivity contribution >= 4 is 23.2 Å². The molecule has 0 fully saturated rings. The third-order valence-corrected chi connectivity index (χ3v) is 3.88. The molecular formula is C17H14ClFN4O2. The van der Waals surface area contributed by atoms with Gasteiger partial charge in [-0.1, -0.05) is 17.7 Å². The van der Waals surface area contributed by atoms with E-state index in [9.17, 15) is 9.18 Å². The highest BCUT2D eigenvalue weighted by molar-refractivity contribution is 6.33. The van der Waals surface area contributed by atoms with E-state index in [0.717, 1.165) is 0 Å². The van der Waals surface area contributed by atoms with E-state index in [4.69, 9.17) is 16.3 Å². The summed E-state index contributed by atoms with van der Waals surface area (Å²) in [6.07, 6.45) is 0. The number of nitrogens with one attached hydrogen (secondary N) is 2. The van der Waals surface area contributed by atoms with Crippen molar-refractivity contribution in [1.82, 2.24) is 15.2 Å². The molecule has 2 heterocycles. The van der Waals surface area contributed by atoms with E-state index in [2.05, 4.69) is 20.5 Å². The van der Waals surface area contributed by atoms with Gasteiger partial charge in [-0.25, -0.2) is 9.37 Å². The summed E-state index contributed by atoms with van der Waals surface area (Å²) in [5.41, 5.74) is 1.71. The normalized spacial score (nSPS) is 10.6. The van der Waals surface area contributed by atoms with Crippen LogP contribution in [0, 0.1) is 12.7 Å². The number of halogens is 2. The molecule has 1 aromatic carbocycles. The number of nitrogens with zero attached hydrogens (tertiary/aromatic N) is 2. The Bertz CT molecular complexity index is 922. The van der Waals surface area contributed by atoms with Crippen LogP contribution < -0.4 is 10.1 Å². The van der Waals surface area contributed by atoms with Crippen molar-refractivity contribution in [3.05, 3.63) is 58.6 Å². The lowest BCUT2D eigenvalue weighted by Gasteiger charge is -2.07. The molecule has 0 aliphatic heterocycles. The minimum Gasteiger partial charge on any atom is -0.481 e. The number of aromatic nitrogens is 3. The summed E-state index contributed by atoms with van der Waals surface area (Å²) in [4.78, 5) is 16.5. The maximum Gasteiger partial charge on any atom is 0.276 e. The molecular weight excluding hydrogens is 347 g/mol. The van der Waals surface area contributed by atoms with E-state index in [-0.39, 0.29) is 16.3 Å². The van der Waals surface area contributed by atoms with Gasteiger partial charge in [0.2, 0.25) is 5.88 Å². The second-order valence-corrected chi connectivity index (χ2v) is 5.61. The van der Waals surface area contributed by atoms with E-state index >= 15 is 0 Å². The molecule has 0 atom stereocenters. The Labute approximate surface area is 148 Å². The first-order chi connectivity index (χ1) is 12.0. The number of aromatic amines is 1. The molecule has 3 rings (SSSR count). The highest BCUT2D eigenvalue weighted by Gasteiger charge is 2.17. The highest BCUT2D eigenvalue weighted by Crippen LogP contribution is 2.29. The minimum atomic E-state index is -0.502. The summed E-state index contributed by atoms with van der Waals surface area (Å²) >= 11 is 6.02. The molecule has 0 radical (unpaired) electrons. The fraction of sp³-hybridized carbons (Fsp3) is 0.118. The Kier molecular flexibility index (Phi) is 4.67. The van der Waals surface area contributed by atoms with Gasteiger partial charge in [-0.15, -0.1) is 0 Å². The summed E-state index contributed by atoms with van der Waals surface area (Å²) in [7, 11) is 1.51. The Morgan fingerprint density at radius 1 is 1.32 bits per heavy atom. The molecule has 6 nitrogen and oxygen atoms in total. The van der Waals surface area contributed by atoms with Crippen LogP contribution in [0.1, 0.15) is 16.2 Å². The van der Waals surface area contributed by atoms with Gasteiger partial charge in [-0.05, 0) is 31.2 Å². The molecule has 0 aliphatic rings. The average molecular weight is 361 g/mol. The van der Waals surface area contributed by atoms with Gasteiger partial charge in [-0.3, -0.25) is 9.89 Å². The van der Waals surface area contributed by atoms with Gasteiger partial charge in [0.25, 0.3) is 5.91 Å². The van der Waals surface area contributed by atoms with Crippen LogP contribution in [0.3, 0.4) is 0 Å². The number of pyridine rings is 1. The third kappa shape index (κ3) is 3.46. The number of methoxy groups -OCH3 is 1. The lowest BCUT2D eigenvalue weighted by Crippen LogP contribution is -2.13. The molecule has 0 saturated carbocycles. The van der Waals surface area contributed by atoms with Crippen LogP contribution in [-0.4, -0.2) is 28.2 Å². The zero-order chi connectivity index (χ0) is 18.0. The first kappa shape index (κ1) is 16.9. The fourth-order valence-electron chi connectivity index (χ4n) is 2.29. The number of rotatable bonds is 4. The fourth-order valence-corrected chi connectivity index (χ4v) is 2.56. The number of hydrogen-bond acceptors (Lipinski definition) is 4. The number of benzene rings is 1. The maximum atomic E-state index is 14.0. The van der Waals surface area contributed by atoms with Gasteiger partial charge < -0.3 is 10.1 Å². The summed E-state index contributed by atoms with van der Waals surface area (Å²) in [6.45, 7) is 1.74. The molecule has 8 heteroatoms. The number of H-pyrrole nitrogens is 1. The smallest absolute Gasteiger partial charge is 0.276 e. The largest absolute Gasteiger partial charge is 0.481 e. The summed E-state index contributed by atoms with van der Waals surface area (Å²) in [6, 6.07) is 9.11. The molecule has 0 bridgehead atoms. The Morgan fingerprint density at radius 2 is 2.12 bits per heavy atom. The van der Waals surface area contributed by atoms with E-state index in [1.807, 2.05) is 0 Å². The number of amides is 1. The second kappa shape index (κ2) is 6.90. The summed E-state index contributed by atoms with van der Waals surface area (Å²) < 4.78 is 19.0. The molecule has 0 unspecified atom stereocenters. The predicted molar refractivity (Wildman–Crippen MR) is 92.5 cm³/mol. The molecule has 3 aromatic rings. The van der Waals surface area contributed by atoms with Crippen molar-refractivity contribution in [3.8, 4) is 17.1 Å². The summed E-state index contributed by atoms with van der Waals surface area (Å²) in [5.74, 6) is -0.505. The molecule has 2 aromatic heterocycles. The van der Waals surface area contributed by atoms with E-state index in [1.165, 1.54) is 25.3 Å². The van der Waals surface area contributed by atoms with Crippen LogP contribution in [0.25, 0.3) is 11.3 Å². The number of carbonyl (C=O) groups excluding carboxylic acids is 1. The number of anilines is 1. The lowest BCUT2D eigenvalue weighted by atomic mass is 10.1. The van der Waals surface area contributed by atoms with Crippen molar-refractivity contribution in [1.29, 1.82) is 0 Å². The van der Waals surface area contributed by atoms with Crippen LogP contribution in [0.15, 0.2) is 36.4 Å². The van der Waals surface area contributed by atoms with E-state index in [0.29, 0.717) is 23.0 Å². The number of ether oxygens (including phenoxy) is 1. The van der Waals surface area contributed by atoms with Gasteiger partial charge in [0.15, 0.2) is 5.69 Å². The van der Waals surface area contributed by atoms with Gasteiger partial charge in [-0.2, -0.15) is 5.10 Å². The number of hydrogen-bond donors (Lipinski definition) is 2. The van der Waals surface area contributed by atoms with Crippen LogP contribution >= 0.6 is 11.6 Å². The molecule has 0 aliphatic carbocycles. The van der Waals surface area contributed by atoms with Gasteiger partial charge in [0.05, 0.1) is 34.8 Å². The zero-order valence-electron chi connectivity index (χ0n) is 13.4. The second-order valence-electron chi connectivity index (χ2n) is 5.20. The van der Waals surface area contributed by atoms with Crippen LogP contribution in [0.2, 0.25) is 5.02 Å². The van der Waals surface area contributed by atoms with Crippen LogP contribution in [0.5, 0.6) is 5.88 Å². The van der Waals surface area contributed by atoms with Crippen molar-refractivity contribution < 1.29 is 13.9 Å². The number of aryl methyl sites for hydroxylation is 1. The molecule has 0 spiro atoms. The first-order valence-corrected chi connectivity index (χ1v) is 7.70. The molecule has 0 saturated heterocycles. The highest BCUT2D eigenvalue weighted by atomic mass is 35.5. The molecule has 25 heavy (non-hydrogen) atoms. The van der Waals surface area contributed by atoms with Crippen LogP contribution in [-0.2, 0) is 0 Å². The molecule has 1 amide bonds. The standard InChI is InChI=1S/C17H14ClFN4O2/c1-9-12(6-7-15(20-9)25-2)21-17(24)14-8-13(22-23-14)16-10(18)4-3-5-11(16)19/h3-8H,1-2H3,(H,21,24)(H,22,23). The minimum absolute atomic E-state index is 0.101. The van der Waals surface area contributed by atoms with Crippen molar-refractivity contribution in [2.24, 2.45) is 0 Å². The third-order valence-electron chi connectivity index (χ3n) is 3.56. The Balaban J connectivity index is 1.84. The number of carbonyl (C=O) groups is 1. The van der Waals surface area contributed by atoms with E-state index < -0.39 is 11.7 Å². The van der Waals surface area contributed by atoms with Crippen molar-refractivity contribution in [2.75, 3.05) is 12.4 Å². The SMILES string of the molecule is COc1ccc(NC(=O)c2cc(-c3c(F)cccc3Cl)[nH]n2)c(C)n1. The van der Waals surface area contributed by atoms with Gasteiger partial charge in [0, 0.05) is 6.07 Å². The monoisotopic (exact) mass is 360 g/mol. The molecule has 2 N–H and O–H groups in total. The average Bonchev–Trinajstić information content (AvgIpc) is 3.06. The van der Waals surface area contributed by atoms with Crippen molar-refractivity contribution in [3.63, 3.8) is 0 Å². The lowest BCUT2D eigenvalue weighted by molar-refractivity contribution is 0.102. The summed E-state index contributed by atoms with van der Waals surface area (Å²) in [5, 5.41) is 9.49. The zero-order valence-corrected chi connectivity index (χ0v) is 14.2. The Morgan fingerprint density at radius 3 is 2.80 bits per heavy atom. The maximum absolute atomic E-state index is 14.0. The van der Waals surface area contributed by atoms with Gasteiger partial charge in [0.1, 0.15) is 5.82 Å². The molecule has 128 valence electrons. The Hall–Kier alpha value is -2.93.